The lowest BCUT2D eigenvalue weighted by Crippen LogP contribution is -2.36. The molecule has 6 nitrogen and oxygen atoms in total. The fraction of sp³-hybridized carbons (Fsp3) is 0.150. The Labute approximate surface area is 198 Å². The lowest BCUT2D eigenvalue weighted by molar-refractivity contribution is -0.141. The van der Waals surface area contributed by atoms with Crippen molar-refractivity contribution in [3.8, 4) is 0 Å². The number of halogens is 8. The monoisotopic (exact) mass is 523 g/mol. The number of aliphatic imine (C=N–C) groups is 1. The van der Waals surface area contributed by atoms with E-state index in [1.165, 1.54) is 30.3 Å². The van der Waals surface area contributed by atoms with Crippen LogP contribution in [0.5, 0.6) is 0 Å². The van der Waals surface area contributed by atoms with E-state index in [9.17, 15) is 31.1 Å². The van der Waals surface area contributed by atoms with Gasteiger partial charge in [-0.15, -0.1) is 0 Å². The van der Waals surface area contributed by atoms with Crippen LogP contribution >= 0.6 is 23.2 Å². The maximum atomic E-state index is 12.9. The molecular formula is C20H13Cl2F6N5O. The number of anilines is 1. The van der Waals surface area contributed by atoms with Crippen LogP contribution in [0.25, 0.3) is 0 Å². The number of H-pyrrole nitrogens is 1. The van der Waals surface area contributed by atoms with Gasteiger partial charge in [0.25, 0.3) is 5.91 Å². The second kappa shape index (κ2) is 9.94. The number of benzene rings is 2. The third-order valence-corrected chi connectivity index (χ3v) is 4.96. The maximum Gasteiger partial charge on any atom is 0.432 e. The molecule has 0 atom stereocenters. The molecule has 0 unspecified atom stereocenters. The molecule has 0 radical (unpaired) electrons. The number of carbonyl (C=O) groups is 1. The van der Waals surface area contributed by atoms with Crippen LogP contribution in [0.3, 0.4) is 0 Å². The van der Waals surface area contributed by atoms with Gasteiger partial charge in [-0.3, -0.25) is 15.2 Å². The molecule has 0 bridgehead atoms. The Kier molecular flexibility index (Phi) is 7.41. The number of guanidine groups is 1. The predicted molar refractivity (Wildman–Crippen MR) is 114 cm³/mol. The molecule has 180 valence electrons. The van der Waals surface area contributed by atoms with Crippen LogP contribution in [0, 0.1) is 0 Å². The first-order valence-corrected chi connectivity index (χ1v) is 9.95. The van der Waals surface area contributed by atoms with Gasteiger partial charge in [-0.2, -0.15) is 31.4 Å². The molecule has 3 N–H and O–H groups in total. The van der Waals surface area contributed by atoms with Gasteiger partial charge in [0.05, 0.1) is 22.2 Å². The van der Waals surface area contributed by atoms with E-state index in [1.54, 1.807) is 5.10 Å². The van der Waals surface area contributed by atoms with Crippen LogP contribution in [0.4, 0.5) is 32.2 Å². The number of rotatable bonds is 4. The summed E-state index contributed by atoms with van der Waals surface area (Å²) in [6.07, 6.45) is -9.28. The van der Waals surface area contributed by atoms with Crippen LogP contribution in [0.2, 0.25) is 10.0 Å². The van der Waals surface area contributed by atoms with Gasteiger partial charge in [0.1, 0.15) is 5.69 Å². The summed E-state index contributed by atoms with van der Waals surface area (Å²) in [6.45, 7) is -0.343. The molecule has 1 amide bonds. The molecule has 2 aromatic carbocycles. The fourth-order valence-electron chi connectivity index (χ4n) is 2.60. The Morgan fingerprint density at radius 1 is 0.971 bits per heavy atom. The number of alkyl halides is 6. The predicted octanol–water partition coefficient (Wildman–Crippen LogP) is 6.15. The van der Waals surface area contributed by atoms with E-state index in [0.29, 0.717) is 6.07 Å². The van der Waals surface area contributed by atoms with Gasteiger partial charge in [0.2, 0.25) is 5.96 Å². The molecule has 14 heteroatoms. The van der Waals surface area contributed by atoms with Crippen molar-refractivity contribution in [1.29, 1.82) is 0 Å². The van der Waals surface area contributed by atoms with E-state index in [1.807, 2.05) is 0 Å². The number of aromatic amines is 1. The quantitative estimate of drug-likeness (QED) is 0.218. The van der Waals surface area contributed by atoms with Crippen LogP contribution < -0.4 is 10.6 Å². The van der Waals surface area contributed by atoms with Gasteiger partial charge in [-0.25, -0.2) is 4.99 Å². The van der Waals surface area contributed by atoms with E-state index in [-0.39, 0.29) is 39.5 Å². The molecule has 1 heterocycles. The highest BCUT2D eigenvalue weighted by molar-refractivity contribution is 6.42. The summed E-state index contributed by atoms with van der Waals surface area (Å²) in [7, 11) is 0. The normalized spacial score (nSPS) is 12.5. The Morgan fingerprint density at radius 2 is 1.71 bits per heavy atom. The van der Waals surface area contributed by atoms with Crippen LogP contribution in [0.15, 0.2) is 53.5 Å². The number of hydrogen-bond acceptors (Lipinski definition) is 3. The summed E-state index contributed by atoms with van der Waals surface area (Å²) in [5.41, 5.74) is -1.89. The zero-order valence-corrected chi connectivity index (χ0v) is 18.2. The molecule has 0 spiro atoms. The summed E-state index contributed by atoms with van der Waals surface area (Å²) in [4.78, 5) is 16.6. The van der Waals surface area contributed by atoms with Gasteiger partial charge < -0.3 is 5.32 Å². The first-order valence-electron chi connectivity index (χ1n) is 9.19. The van der Waals surface area contributed by atoms with Crippen molar-refractivity contribution in [3.63, 3.8) is 0 Å². The molecule has 0 aliphatic rings. The number of hydrogen-bond donors (Lipinski definition) is 3. The summed E-state index contributed by atoms with van der Waals surface area (Å²) < 4.78 is 77.3. The first-order chi connectivity index (χ1) is 15.8. The maximum absolute atomic E-state index is 12.9. The van der Waals surface area contributed by atoms with Gasteiger partial charge in [0.15, 0.2) is 5.82 Å². The van der Waals surface area contributed by atoms with Crippen LogP contribution in [-0.2, 0) is 18.9 Å². The standard InChI is InChI=1S/C20H13Cl2F6N5O/c21-13-5-4-11(7-14(13)22)17(34)31-18(30-16-8-15(32-33-16)20(26,27)28)29-9-10-2-1-3-12(6-10)19(23,24)25/h1-8H,9H2,(H3,29,30,31,32,33,34). The van der Waals surface area contributed by atoms with Crippen molar-refractivity contribution in [2.24, 2.45) is 4.99 Å². The van der Waals surface area contributed by atoms with Crippen LogP contribution in [-0.4, -0.2) is 22.1 Å². The zero-order valence-electron chi connectivity index (χ0n) is 16.7. The minimum atomic E-state index is -4.70. The molecular weight excluding hydrogens is 511 g/mol. The van der Waals surface area contributed by atoms with Crippen molar-refractivity contribution in [1.82, 2.24) is 15.5 Å². The molecule has 0 aliphatic heterocycles. The number of amides is 1. The average molecular weight is 524 g/mol. The largest absolute Gasteiger partial charge is 0.432 e. The molecule has 0 fully saturated rings. The van der Waals surface area contributed by atoms with Gasteiger partial charge in [-0.05, 0) is 35.9 Å². The Morgan fingerprint density at radius 3 is 2.32 bits per heavy atom. The van der Waals surface area contributed by atoms with E-state index in [4.69, 9.17) is 23.2 Å². The molecule has 0 saturated heterocycles. The second-order valence-electron chi connectivity index (χ2n) is 6.74. The molecule has 0 aliphatic carbocycles. The highest BCUT2D eigenvalue weighted by Crippen LogP contribution is 2.30. The molecule has 0 saturated carbocycles. The molecule has 3 aromatic rings. The lowest BCUT2D eigenvalue weighted by Gasteiger charge is -2.11. The topological polar surface area (TPSA) is 82.2 Å². The van der Waals surface area contributed by atoms with E-state index >= 15 is 0 Å². The second-order valence-corrected chi connectivity index (χ2v) is 7.55. The Bertz CT molecular complexity index is 1220. The number of carbonyl (C=O) groups excluding carboxylic acids is 1. The van der Waals surface area contributed by atoms with Gasteiger partial charge >= 0.3 is 12.4 Å². The van der Waals surface area contributed by atoms with Gasteiger partial charge in [0, 0.05) is 11.6 Å². The lowest BCUT2D eigenvalue weighted by atomic mass is 10.1. The molecule has 3 rings (SSSR count). The summed E-state index contributed by atoms with van der Waals surface area (Å²) >= 11 is 11.7. The van der Waals surface area contributed by atoms with E-state index in [0.717, 1.165) is 12.1 Å². The minimum Gasteiger partial charge on any atom is -0.309 e. The average Bonchev–Trinajstić information content (AvgIpc) is 3.22. The molecule has 1 aromatic heterocycles. The van der Waals surface area contributed by atoms with E-state index in [2.05, 4.69) is 20.7 Å². The third-order valence-electron chi connectivity index (χ3n) is 4.22. The smallest absolute Gasteiger partial charge is 0.309 e. The summed E-state index contributed by atoms with van der Waals surface area (Å²) in [6, 6.07) is 8.86. The Hall–Kier alpha value is -3.25. The number of nitrogens with one attached hydrogen (secondary N) is 3. The van der Waals surface area contributed by atoms with E-state index < -0.39 is 29.5 Å². The van der Waals surface area contributed by atoms with Gasteiger partial charge in [-0.1, -0.05) is 35.3 Å². The highest BCUT2D eigenvalue weighted by atomic mass is 35.5. The van der Waals surface area contributed by atoms with Crippen LogP contribution in [0.1, 0.15) is 27.2 Å². The number of nitrogens with zero attached hydrogens (tertiary/aromatic N) is 2. The SMILES string of the molecule is O=C(NC(=NCc1cccc(C(F)(F)F)c1)Nc1cc(C(F)(F)F)[nH]n1)c1ccc(Cl)c(Cl)c1. The first kappa shape index (κ1) is 25.4. The number of aromatic nitrogens is 2. The van der Waals surface area contributed by atoms with Crippen molar-refractivity contribution in [2.45, 2.75) is 18.9 Å². The summed E-state index contributed by atoms with van der Waals surface area (Å²) in [5, 5.41) is 10.2. The van der Waals surface area contributed by atoms with Crippen molar-refractivity contribution >= 4 is 40.9 Å². The minimum absolute atomic E-state index is 0.0426. The Balaban J connectivity index is 1.87. The van der Waals surface area contributed by atoms with Crippen molar-refractivity contribution in [3.05, 3.63) is 81.0 Å². The highest BCUT2D eigenvalue weighted by Gasteiger charge is 2.33. The zero-order chi connectivity index (χ0) is 25.1. The fourth-order valence-corrected chi connectivity index (χ4v) is 2.89. The van der Waals surface area contributed by atoms with Crippen molar-refractivity contribution < 1.29 is 31.1 Å². The molecule has 34 heavy (non-hydrogen) atoms. The summed E-state index contributed by atoms with van der Waals surface area (Å²) in [5.74, 6) is -1.47. The third kappa shape index (κ3) is 6.64. The van der Waals surface area contributed by atoms with Crippen molar-refractivity contribution in [2.75, 3.05) is 5.32 Å².